The Hall–Kier alpha value is -2.34. The van der Waals surface area contributed by atoms with E-state index in [1.54, 1.807) is 6.21 Å². The lowest BCUT2D eigenvalue weighted by molar-refractivity contribution is -0.120. The van der Waals surface area contributed by atoms with E-state index >= 15 is 0 Å². The molecule has 1 unspecified atom stereocenters. The van der Waals surface area contributed by atoms with Gasteiger partial charge in [-0.2, -0.15) is 0 Å². The zero-order chi connectivity index (χ0) is 18.4. The van der Waals surface area contributed by atoms with Crippen LogP contribution in [-0.4, -0.2) is 18.2 Å². The second-order valence-corrected chi connectivity index (χ2v) is 5.56. The van der Waals surface area contributed by atoms with Gasteiger partial charge in [0.1, 0.15) is 0 Å². The molecule has 3 nitrogen and oxygen atoms in total. The van der Waals surface area contributed by atoms with E-state index in [-0.39, 0.29) is 11.9 Å². The van der Waals surface area contributed by atoms with Crippen molar-refractivity contribution in [3.8, 4) is 12.3 Å². The summed E-state index contributed by atoms with van der Waals surface area (Å²) in [7, 11) is 0. The topological polar surface area (TPSA) is 41.5 Å². The van der Waals surface area contributed by atoms with Gasteiger partial charge in [0, 0.05) is 24.8 Å². The molecule has 0 aliphatic rings. The molecule has 0 heterocycles. The number of rotatable bonds is 9. The summed E-state index contributed by atoms with van der Waals surface area (Å²) in [5.41, 5.74) is 3.02. The largest absolute Gasteiger partial charge is 0.348 e. The molecule has 1 amide bonds. The molecule has 0 fully saturated rings. The fourth-order valence-electron chi connectivity index (χ4n) is 2.09. The molecule has 24 heavy (non-hydrogen) atoms. The van der Waals surface area contributed by atoms with E-state index in [1.165, 1.54) is 0 Å². The quantitative estimate of drug-likeness (QED) is 0.371. The number of nitrogens with one attached hydrogen (secondary N) is 1. The van der Waals surface area contributed by atoms with Gasteiger partial charge in [0.05, 0.1) is 6.04 Å². The summed E-state index contributed by atoms with van der Waals surface area (Å²) in [6, 6.07) is -0.133. The molecule has 3 heteroatoms. The van der Waals surface area contributed by atoms with Crippen molar-refractivity contribution in [3.63, 3.8) is 0 Å². The molecule has 0 spiro atoms. The number of carbonyl (C=O) groups is 1. The van der Waals surface area contributed by atoms with Crippen molar-refractivity contribution in [1.29, 1.82) is 0 Å². The van der Waals surface area contributed by atoms with Crippen LogP contribution >= 0.6 is 0 Å². The number of allylic oxidation sites excluding steroid dienone is 7. The highest BCUT2D eigenvalue weighted by Crippen LogP contribution is 2.15. The van der Waals surface area contributed by atoms with E-state index in [0.717, 1.165) is 23.3 Å². The molecular weight excluding hydrogens is 296 g/mol. The minimum Gasteiger partial charge on any atom is -0.348 e. The van der Waals surface area contributed by atoms with E-state index < -0.39 is 0 Å². The normalized spacial score (nSPS) is 14.9. The third-order valence-electron chi connectivity index (χ3n) is 3.22. The summed E-state index contributed by atoms with van der Waals surface area (Å²) in [6.07, 6.45) is 18.7. The Morgan fingerprint density at radius 2 is 2.04 bits per heavy atom. The fraction of sp³-hybridized carbons (Fsp3) is 0.429. The van der Waals surface area contributed by atoms with E-state index in [2.05, 4.69) is 16.2 Å². The van der Waals surface area contributed by atoms with Gasteiger partial charge in [-0.05, 0) is 39.7 Å². The van der Waals surface area contributed by atoms with Crippen LogP contribution in [0, 0.1) is 12.3 Å². The Kier molecular flexibility index (Phi) is 11.9. The van der Waals surface area contributed by atoms with Gasteiger partial charge in [-0.15, -0.1) is 12.3 Å². The number of nitrogens with zero attached hydrogens (tertiary/aromatic N) is 1. The van der Waals surface area contributed by atoms with Crippen molar-refractivity contribution in [2.24, 2.45) is 4.99 Å². The van der Waals surface area contributed by atoms with Crippen LogP contribution < -0.4 is 5.32 Å². The minimum absolute atomic E-state index is 0.00784. The second-order valence-electron chi connectivity index (χ2n) is 5.56. The fourth-order valence-corrected chi connectivity index (χ4v) is 2.09. The molecule has 0 aliphatic heterocycles. The summed E-state index contributed by atoms with van der Waals surface area (Å²) in [5, 5.41) is 2.94. The maximum atomic E-state index is 12.0. The standard InChI is InChI=1S/C21H30N2O/c1-7-11-14-17(5)15-21(24)23-18(6)16-22-20(10-4)19(12-8-2)13-9-3/h2,7,9,11,13-14,16,18H,10,12,15H2,1,3-6H3,(H,23,24)/b11-7-,13-9-,17-14+,20-19+,22-16?. The smallest absolute Gasteiger partial charge is 0.224 e. The molecule has 0 aromatic heterocycles. The average molecular weight is 326 g/mol. The zero-order valence-corrected chi connectivity index (χ0v) is 15.6. The predicted octanol–water partition coefficient (Wildman–Crippen LogP) is 4.74. The molecule has 1 atom stereocenters. The lowest BCUT2D eigenvalue weighted by Gasteiger charge is -2.10. The first kappa shape index (κ1) is 21.7. The lowest BCUT2D eigenvalue weighted by Crippen LogP contribution is -2.33. The number of amides is 1. The summed E-state index contributed by atoms with van der Waals surface area (Å²) in [4.78, 5) is 16.5. The van der Waals surface area contributed by atoms with Gasteiger partial charge >= 0.3 is 0 Å². The van der Waals surface area contributed by atoms with Crippen molar-refractivity contribution in [2.75, 3.05) is 0 Å². The summed E-state index contributed by atoms with van der Waals surface area (Å²) in [5.74, 6) is 2.65. The number of carbonyl (C=O) groups excluding carboxylic acids is 1. The first-order valence-corrected chi connectivity index (χ1v) is 8.38. The molecule has 130 valence electrons. The second kappa shape index (κ2) is 13.1. The maximum Gasteiger partial charge on any atom is 0.224 e. The van der Waals surface area contributed by atoms with Crippen LogP contribution in [0.3, 0.4) is 0 Å². The average Bonchev–Trinajstić information content (AvgIpc) is 2.53. The molecule has 0 aliphatic carbocycles. The highest BCUT2D eigenvalue weighted by atomic mass is 16.1. The van der Waals surface area contributed by atoms with Crippen molar-refractivity contribution in [2.45, 2.75) is 59.9 Å². The van der Waals surface area contributed by atoms with Gasteiger partial charge in [-0.25, -0.2) is 0 Å². The van der Waals surface area contributed by atoms with Crippen LogP contribution in [-0.2, 0) is 4.79 Å². The van der Waals surface area contributed by atoms with E-state index in [4.69, 9.17) is 6.42 Å². The zero-order valence-electron chi connectivity index (χ0n) is 15.6. The molecule has 0 aromatic rings. The van der Waals surface area contributed by atoms with Gasteiger partial charge in [-0.3, -0.25) is 9.79 Å². The Balaban J connectivity index is 4.86. The Bertz CT molecular complexity index is 583. The van der Waals surface area contributed by atoms with Crippen LogP contribution in [0.4, 0.5) is 0 Å². The van der Waals surface area contributed by atoms with Gasteiger partial charge < -0.3 is 5.32 Å². The minimum atomic E-state index is -0.133. The van der Waals surface area contributed by atoms with Gasteiger partial charge in [0.25, 0.3) is 0 Å². The third-order valence-corrected chi connectivity index (χ3v) is 3.22. The molecule has 0 bridgehead atoms. The molecule has 0 saturated heterocycles. The van der Waals surface area contributed by atoms with Crippen molar-refractivity contribution >= 4 is 12.1 Å². The van der Waals surface area contributed by atoms with Crippen LogP contribution in [0.2, 0.25) is 0 Å². The van der Waals surface area contributed by atoms with Gasteiger partial charge in [-0.1, -0.05) is 42.9 Å². The molecular formula is C21H30N2O. The summed E-state index contributed by atoms with van der Waals surface area (Å²) < 4.78 is 0. The van der Waals surface area contributed by atoms with E-state index in [1.807, 2.05) is 65.0 Å². The van der Waals surface area contributed by atoms with Crippen molar-refractivity contribution in [1.82, 2.24) is 5.32 Å². The number of aliphatic imine (C=N–C) groups is 1. The monoisotopic (exact) mass is 326 g/mol. The number of terminal acetylenes is 1. The van der Waals surface area contributed by atoms with Crippen LogP contribution in [0.1, 0.15) is 53.9 Å². The molecule has 0 saturated carbocycles. The van der Waals surface area contributed by atoms with Crippen LogP contribution in [0.25, 0.3) is 0 Å². The Labute approximate surface area is 147 Å². The van der Waals surface area contributed by atoms with E-state index in [0.29, 0.717) is 12.8 Å². The summed E-state index contributed by atoms with van der Waals surface area (Å²) in [6.45, 7) is 9.81. The molecule has 0 rings (SSSR count). The van der Waals surface area contributed by atoms with Crippen LogP contribution in [0.15, 0.2) is 52.2 Å². The number of hydrogen-bond donors (Lipinski definition) is 1. The van der Waals surface area contributed by atoms with Gasteiger partial charge in [0.2, 0.25) is 5.91 Å². The lowest BCUT2D eigenvalue weighted by atomic mass is 10.1. The molecule has 0 aromatic carbocycles. The van der Waals surface area contributed by atoms with Crippen molar-refractivity contribution in [3.05, 3.63) is 47.2 Å². The maximum absolute atomic E-state index is 12.0. The third kappa shape index (κ3) is 9.63. The van der Waals surface area contributed by atoms with Crippen molar-refractivity contribution < 1.29 is 4.79 Å². The molecule has 0 radical (unpaired) electrons. The Morgan fingerprint density at radius 1 is 1.33 bits per heavy atom. The highest BCUT2D eigenvalue weighted by Gasteiger charge is 2.06. The predicted molar refractivity (Wildman–Crippen MR) is 105 cm³/mol. The van der Waals surface area contributed by atoms with Gasteiger partial charge in [0.15, 0.2) is 0 Å². The summed E-state index contributed by atoms with van der Waals surface area (Å²) >= 11 is 0. The molecule has 1 N–H and O–H groups in total. The number of hydrogen-bond acceptors (Lipinski definition) is 2. The first-order chi connectivity index (χ1) is 11.5. The Morgan fingerprint density at radius 3 is 2.58 bits per heavy atom. The van der Waals surface area contributed by atoms with E-state index in [9.17, 15) is 4.79 Å². The highest BCUT2D eigenvalue weighted by molar-refractivity contribution is 5.82. The van der Waals surface area contributed by atoms with Crippen LogP contribution in [0.5, 0.6) is 0 Å². The first-order valence-electron chi connectivity index (χ1n) is 8.38. The SMILES string of the molecule is C#CCC(/C=C\C)=C(/CC)N=CC(C)NC(=O)C/C(C)=C/C=C\C.